The molecule has 1 aromatic carbocycles. The van der Waals surface area contributed by atoms with Crippen LogP contribution in [0.5, 0.6) is 0 Å². The lowest BCUT2D eigenvalue weighted by Gasteiger charge is -2.31. The summed E-state index contributed by atoms with van der Waals surface area (Å²) in [6.45, 7) is 3.07. The van der Waals surface area contributed by atoms with Gasteiger partial charge in [-0.3, -0.25) is 0 Å². The van der Waals surface area contributed by atoms with Crippen LogP contribution in [0.4, 0.5) is 0 Å². The van der Waals surface area contributed by atoms with Crippen molar-refractivity contribution in [2.75, 3.05) is 13.7 Å². The molecule has 1 saturated heterocycles. The number of ether oxygens (including phenoxy) is 2. The Morgan fingerprint density at radius 3 is 2.82 bits per heavy atom. The zero-order valence-corrected chi connectivity index (χ0v) is 10.4. The summed E-state index contributed by atoms with van der Waals surface area (Å²) >= 11 is 0. The maximum atomic E-state index is 5.57. The van der Waals surface area contributed by atoms with E-state index >= 15 is 0 Å². The smallest absolute Gasteiger partial charge is 0.124 e. The van der Waals surface area contributed by atoms with Gasteiger partial charge in [0.25, 0.3) is 0 Å². The van der Waals surface area contributed by atoms with Crippen molar-refractivity contribution in [3.8, 4) is 0 Å². The first-order chi connectivity index (χ1) is 8.29. The van der Waals surface area contributed by atoms with Crippen LogP contribution < -0.4 is 0 Å². The second-order valence-corrected chi connectivity index (χ2v) is 4.99. The Kier molecular flexibility index (Phi) is 2.67. The second-order valence-electron chi connectivity index (χ2n) is 4.99. The quantitative estimate of drug-likeness (QED) is 0.795. The summed E-state index contributed by atoms with van der Waals surface area (Å²) in [6.07, 6.45) is 2.40. The average Bonchev–Trinajstić information content (AvgIpc) is 2.54. The molecule has 1 heterocycles. The molecule has 1 aliphatic carbocycles. The van der Waals surface area contributed by atoms with E-state index in [-0.39, 0.29) is 6.10 Å². The topological polar surface area (TPSA) is 18.5 Å². The van der Waals surface area contributed by atoms with Crippen molar-refractivity contribution in [3.63, 3.8) is 0 Å². The fraction of sp³-hybridized carbons (Fsp3) is 0.467. The lowest BCUT2D eigenvalue weighted by Crippen LogP contribution is -2.37. The molecule has 90 valence electrons. The van der Waals surface area contributed by atoms with Crippen LogP contribution in [0.15, 0.2) is 35.6 Å². The van der Waals surface area contributed by atoms with E-state index in [9.17, 15) is 0 Å². The Labute approximate surface area is 102 Å². The van der Waals surface area contributed by atoms with Gasteiger partial charge in [-0.05, 0) is 36.5 Å². The van der Waals surface area contributed by atoms with E-state index in [0.29, 0.717) is 5.92 Å². The normalized spacial score (nSPS) is 26.7. The number of methoxy groups -OCH3 is 1. The van der Waals surface area contributed by atoms with Crippen LogP contribution in [0.3, 0.4) is 0 Å². The molecule has 17 heavy (non-hydrogen) atoms. The number of benzene rings is 1. The first-order valence-corrected chi connectivity index (χ1v) is 6.21. The molecule has 2 heteroatoms. The minimum Gasteiger partial charge on any atom is -0.498 e. The number of aryl methyl sites for hydroxylation is 1. The molecule has 2 aliphatic rings. The molecule has 1 aromatic rings. The van der Waals surface area contributed by atoms with Crippen molar-refractivity contribution < 1.29 is 9.47 Å². The minimum atomic E-state index is 0.249. The van der Waals surface area contributed by atoms with Gasteiger partial charge in [0.05, 0.1) is 13.7 Å². The molecule has 2 nitrogen and oxygen atoms in total. The van der Waals surface area contributed by atoms with Crippen molar-refractivity contribution >= 4 is 0 Å². The first kappa shape index (κ1) is 10.8. The van der Waals surface area contributed by atoms with Gasteiger partial charge in [-0.2, -0.15) is 0 Å². The molecular formula is C15H18O2. The van der Waals surface area contributed by atoms with Gasteiger partial charge >= 0.3 is 0 Å². The van der Waals surface area contributed by atoms with Crippen LogP contribution in [0.25, 0.3) is 0 Å². The average molecular weight is 230 g/mol. The van der Waals surface area contributed by atoms with Crippen LogP contribution in [-0.4, -0.2) is 19.8 Å². The molecule has 0 N–H and O–H groups in total. The second kappa shape index (κ2) is 4.19. The van der Waals surface area contributed by atoms with Gasteiger partial charge in [0.15, 0.2) is 0 Å². The summed E-state index contributed by atoms with van der Waals surface area (Å²) in [4.78, 5) is 0. The predicted molar refractivity (Wildman–Crippen MR) is 66.8 cm³/mol. The number of hydrogen-bond acceptors (Lipinski definition) is 2. The number of rotatable bonds is 3. The fourth-order valence-electron chi connectivity index (χ4n) is 2.86. The summed E-state index contributed by atoms with van der Waals surface area (Å²) in [5.41, 5.74) is 4.18. The van der Waals surface area contributed by atoms with Crippen LogP contribution in [0.1, 0.15) is 17.5 Å². The molecule has 0 saturated carbocycles. The number of allylic oxidation sites excluding steroid dienone is 1. The first-order valence-electron chi connectivity index (χ1n) is 6.21. The minimum absolute atomic E-state index is 0.249. The highest BCUT2D eigenvalue weighted by Crippen LogP contribution is 2.42. The molecule has 1 aliphatic heterocycles. The third-order valence-electron chi connectivity index (χ3n) is 3.92. The number of hydrogen-bond donors (Lipinski definition) is 0. The maximum Gasteiger partial charge on any atom is 0.124 e. The summed E-state index contributed by atoms with van der Waals surface area (Å²) in [7, 11) is 1.76. The molecule has 0 amide bonds. The molecule has 0 aromatic heterocycles. The van der Waals surface area contributed by atoms with Gasteiger partial charge < -0.3 is 9.47 Å². The van der Waals surface area contributed by atoms with Crippen LogP contribution >= 0.6 is 0 Å². The van der Waals surface area contributed by atoms with Crippen molar-refractivity contribution in [2.24, 2.45) is 5.92 Å². The number of fused-ring (bicyclic) bond motifs is 1. The van der Waals surface area contributed by atoms with Crippen molar-refractivity contribution in [1.82, 2.24) is 0 Å². The van der Waals surface area contributed by atoms with E-state index in [1.54, 1.807) is 7.11 Å². The predicted octanol–water partition coefficient (Wildman–Crippen LogP) is 2.86. The van der Waals surface area contributed by atoms with Gasteiger partial charge in [0, 0.05) is 5.92 Å². The molecule has 2 atom stereocenters. The molecule has 1 fully saturated rings. The van der Waals surface area contributed by atoms with E-state index in [4.69, 9.17) is 9.47 Å². The third kappa shape index (κ3) is 1.77. The standard InChI is InChI=1S/C15H18O2/c1-10-5-3-4-6-11(10)7-12-8-13-9-17-15(13)14(12)16-2/h3-6,13,15H,7-9H2,1-2H3/t13?,15-/m1/s1. The van der Waals surface area contributed by atoms with E-state index in [1.807, 2.05) is 0 Å². The zero-order valence-electron chi connectivity index (χ0n) is 10.4. The molecule has 0 spiro atoms. The van der Waals surface area contributed by atoms with Gasteiger partial charge in [0.1, 0.15) is 11.9 Å². The summed E-state index contributed by atoms with van der Waals surface area (Å²) in [5, 5.41) is 0. The highest BCUT2D eigenvalue weighted by Gasteiger charge is 2.43. The third-order valence-corrected chi connectivity index (χ3v) is 3.92. The van der Waals surface area contributed by atoms with E-state index in [1.165, 1.54) is 16.7 Å². The Hall–Kier alpha value is -1.28. The van der Waals surface area contributed by atoms with Gasteiger partial charge in [-0.25, -0.2) is 0 Å². The van der Waals surface area contributed by atoms with Crippen LogP contribution in [0, 0.1) is 12.8 Å². The summed E-state index contributed by atoms with van der Waals surface area (Å²) in [5.74, 6) is 1.76. The Morgan fingerprint density at radius 2 is 2.18 bits per heavy atom. The molecule has 3 rings (SSSR count). The van der Waals surface area contributed by atoms with Gasteiger partial charge in [-0.1, -0.05) is 24.3 Å². The van der Waals surface area contributed by atoms with Gasteiger partial charge in [0.2, 0.25) is 0 Å². The Balaban J connectivity index is 1.85. The van der Waals surface area contributed by atoms with E-state index < -0.39 is 0 Å². The molecular weight excluding hydrogens is 212 g/mol. The van der Waals surface area contributed by atoms with E-state index in [0.717, 1.165) is 25.2 Å². The van der Waals surface area contributed by atoms with Crippen molar-refractivity contribution in [3.05, 3.63) is 46.7 Å². The lowest BCUT2D eigenvalue weighted by atomic mass is 9.97. The maximum absolute atomic E-state index is 5.57. The monoisotopic (exact) mass is 230 g/mol. The van der Waals surface area contributed by atoms with Crippen LogP contribution in [0.2, 0.25) is 0 Å². The molecule has 0 radical (unpaired) electrons. The fourth-order valence-corrected chi connectivity index (χ4v) is 2.86. The lowest BCUT2D eigenvalue weighted by molar-refractivity contribution is -0.0996. The van der Waals surface area contributed by atoms with Crippen molar-refractivity contribution in [1.29, 1.82) is 0 Å². The Bertz CT molecular complexity index is 462. The summed E-state index contributed by atoms with van der Waals surface area (Å²) in [6, 6.07) is 8.57. The SMILES string of the molecule is COC1=C(Cc2ccccc2C)CC2CO[C@@H]12. The molecule has 0 bridgehead atoms. The Morgan fingerprint density at radius 1 is 1.35 bits per heavy atom. The van der Waals surface area contributed by atoms with Crippen LogP contribution in [-0.2, 0) is 15.9 Å². The molecule has 1 unspecified atom stereocenters. The van der Waals surface area contributed by atoms with E-state index in [2.05, 4.69) is 31.2 Å². The summed E-state index contributed by atoms with van der Waals surface area (Å²) < 4.78 is 11.1. The zero-order chi connectivity index (χ0) is 11.8. The van der Waals surface area contributed by atoms with Gasteiger partial charge in [-0.15, -0.1) is 0 Å². The highest BCUT2D eigenvalue weighted by atomic mass is 16.5. The highest BCUT2D eigenvalue weighted by molar-refractivity contribution is 5.34. The largest absolute Gasteiger partial charge is 0.498 e. The van der Waals surface area contributed by atoms with Crippen molar-refractivity contribution in [2.45, 2.75) is 25.9 Å².